The maximum Gasteiger partial charge on any atom is 0.513 e. The topological polar surface area (TPSA) is 126 Å². The zero-order chi connectivity index (χ0) is 27.0. The van der Waals surface area contributed by atoms with Crippen LogP contribution in [0.15, 0.2) is 48.5 Å². The highest BCUT2D eigenvalue weighted by atomic mass is 16.7. The molecule has 0 aliphatic carbocycles. The van der Waals surface area contributed by atoms with Gasteiger partial charge in [-0.3, -0.25) is 14.4 Å². The molecule has 0 spiro atoms. The summed E-state index contributed by atoms with van der Waals surface area (Å²) in [7, 11) is 1.26. The van der Waals surface area contributed by atoms with Crippen LogP contribution < -0.4 is 19.5 Å². The van der Waals surface area contributed by atoms with Gasteiger partial charge in [0, 0.05) is 19.4 Å². The average Bonchev–Trinajstić information content (AvgIpc) is 2.87. The van der Waals surface area contributed by atoms with Crippen LogP contribution in [0.25, 0.3) is 0 Å². The summed E-state index contributed by atoms with van der Waals surface area (Å²) in [5.41, 5.74) is 0.627. The number of carbonyl (C=O) groups excluding carboxylic acids is 4. The highest BCUT2D eigenvalue weighted by Gasteiger charge is 2.21. The van der Waals surface area contributed by atoms with E-state index in [4.69, 9.17) is 23.7 Å². The minimum atomic E-state index is -0.866. The first-order chi connectivity index (χ1) is 17.9. The predicted octanol–water partition coefficient (Wildman–Crippen LogP) is 3.99. The molecule has 0 bridgehead atoms. The second kappa shape index (κ2) is 15.9. The van der Waals surface area contributed by atoms with Gasteiger partial charge in [0.05, 0.1) is 7.11 Å². The van der Waals surface area contributed by atoms with E-state index in [0.29, 0.717) is 24.2 Å². The van der Waals surface area contributed by atoms with Crippen LogP contribution >= 0.6 is 0 Å². The van der Waals surface area contributed by atoms with Gasteiger partial charge in [0.1, 0.15) is 18.4 Å². The Kier molecular flexibility index (Phi) is 12.6. The van der Waals surface area contributed by atoms with Gasteiger partial charge in [-0.15, -0.1) is 0 Å². The van der Waals surface area contributed by atoms with Crippen LogP contribution in [0.4, 0.5) is 4.79 Å². The Morgan fingerprint density at radius 1 is 0.838 bits per heavy atom. The molecule has 0 unspecified atom stereocenters. The van der Waals surface area contributed by atoms with Crippen LogP contribution in [0.5, 0.6) is 17.2 Å². The highest BCUT2D eigenvalue weighted by Crippen LogP contribution is 2.30. The maximum absolute atomic E-state index is 12.3. The molecular weight excluding hydrogens is 482 g/mol. The van der Waals surface area contributed by atoms with Crippen LogP contribution in [0, 0.1) is 0 Å². The molecule has 0 saturated heterocycles. The number of nitrogens with one attached hydrogen (secondary N) is 1. The molecule has 10 heteroatoms. The Balaban J connectivity index is 2.02. The summed E-state index contributed by atoms with van der Waals surface area (Å²) < 4.78 is 25.7. The molecule has 200 valence electrons. The van der Waals surface area contributed by atoms with Crippen LogP contribution in [-0.4, -0.2) is 50.4 Å². The number of rotatable bonds is 14. The molecule has 2 rings (SSSR count). The summed E-state index contributed by atoms with van der Waals surface area (Å²) in [4.78, 5) is 48.3. The summed E-state index contributed by atoms with van der Waals surface area (Å²) in [6.45, 7) is 3.79. The molecule has 1 atom stereocenters. The van der Waals surface area contributed by atoms with Gasteiger partial charge in [0.15, 0.2) is 11.5 Å². The first-order valence-corrected chi connectivity index (χ1v) is 12.1. The number of ether oxygens (including phenoxy) is 5. The minimum Gasteiger partial charge on any atom is -0.468 e. The fourth-order valence-corrected chi connectivity index (χ4v) is 3.20. The second-order valence-electron chi connectivity index (χ2n) is 7.98. The van der Waals surface area contributed by atoms with Crippen molar-refractivity contribution >= 4 is 24.1 Å². The first-order valence-electron chi connectivity index (χ1n) is 12.1. The zero-order valence-electron chi connectivity index (χ0n) is 21.3. The van der Waals surface area contributed by atoms with Crippen LogP contribution in [0.3, 0.4) is 0 Å². The molecule has 0 fully saturated rings. The van der Waals surface area contributed by atoms with E-state index in [2.05, 4.69) is 5.32 Å². The number of hydrogen-bond donors (Lipinski definition) is 1. The molecule has 0 saturated carbocycles. The Hall–Kier alpha value is -3.92. The number of para-hydroxylation sites is 1. The number of methoxy groups -OCH3 is 1. The summed E-state index contributed by atoms with van der Waals surface area (Å²) in [5.74, 6) is -0.866. The Labute approximate surface area is 216 Å². The third-order valence-electron chi connectivity index (χ3n) is 4.95. The Morgan fingerprint density at radius 3 is 2.11 bits per heavy atom. The normalized spacial score (nSPS) is 11.2. The van der Waals surface area contributed by atoms with Crippen molar-refractivity contribution in [2.75, 3.05) is 20.3 Å². The summed E-state index contributed by atoms with van der Waals surface area (Å²) in [6, 6.07) is 12.4. The van der Waals surface area contributed by atoms with Crippen molar-refractivity contribution in [3.8, 4) is 17.2 Å². The van der Waals surface area contributed by atoms with Crippen molar-refractivity contribution in [2.24, 2.45) is 0 Å². The second-order valence-corrected chi connectivity index (χ2v) is 7.98. The lowest BCUT2D eigenvalue weighted by molar-refractivity contribution is -0.143. The SMILES string of the molecule is CCCC(=O)Oc1ccc(C[C@H](NCCOC(=O)Oc2ccccc2)C(=O)OC)cc1OC(=O)CCC. The van der Waals surface area contributed by atoms with E-state index in [0.717, 1.165) is 0 Å². The van der Waals surface area contributed by atoms with Gasteiger partial charge in [-0.05, 0) is 49.1 Å². The molecular formula is C27H33NO9. The summed E-state index contributed by atoms with van der Waals surface area (Å²) in [6.07, 6.45) is 0.934. The van der Waals surface area contributed by atoms with E-state index >= 15 is 0 Å². The van der Waals surface area contributed by atoms with Gasteiger partial charge in [0.2, 0.25) is 0 Å². The van der Waals surface area contributed by atoms with Gasteiger partial charge in [0.25, 0.3) is 0 Å². The number of esters is 3. The van der Waals surface area contributed by atoms with E-state index in [1.165, 1.54) is 13.2 Å². The van der Waals surface area contributed by atoms with Crippen LogP contribution in [-0.2, 0) is 30.3 Å². The number of carbonyl (C=O) groups is 4. The van der Waals surface area contributed by atoms with Gasteiger partial charge >= 0.3 is 24.1 Å². The van der Waals surface area contributed by atoms with E-state index in [-0.39, 0.29) is 43.9 Å². The van der Waals surface area contributed by atoms with Gasteiger partial charge in [-0.1, -0.05) is 38.1 Å². The lowest BCUT2D eigenvalue weighted by atomic mass is 10.1. The van der Waals surface area contributed by atoms with Gasteiger partial charge < -0.3 is 29.0 Å². The van der Waals surface area contributed by atoms with Gasteiger partial charge in [-0.25, -0.2) is 4.79 Å². The van der Waals surface area contributed by atoms with Crippen molar-refractivity contribution in [3.05, 3.63) is 54.1 Å². The zero-order valence-corrected chi connectivity index (χ0v) is 21.3. The molecule has 0 radical (unpaired) electrons. The third-order valence-corrected chi connectivity index (χ3v) is 4.95. The fourth-order valence-electron chi connectivity index (χ4n) is 3.20. The molecule has 0 amide bonds. The monoisotopic (exact) mass is 515 g/mol. The molecule has 0 aromatic heterocycles. The molecule has 1 N–H and O–H groups in total. The minimum absolute atomic E-state index is 0.0502. The van der Waals surface area contributed by atoms with E-state index in [9.17, 15) is 19.2 Å². The number of hydrogen-bond acceptors (Lipinski definition) is 10. The predicted molar refractivity (Wildman–Crippen MR) is 133 cm³/mol. The van der Waals surface area contributed by atoms with Crippen molar-refractivity contribution in [1.29, 1.82) is 0 Å². The van der Waals surface area contributed by atoms with Gasteiger partial charge in [-0.2, -0.15) is 0 Å². The summed E-state index contributed by atoms with van der Waals surface area (Å²) in [5, 5.41) is 2.98. The van der Waals surface area contributed by atoms with E-state index < -0.39 is 30.1 Å². The maximum atomic E-state index is 12.3. The van der Waals surface area contributed by atoms with E-state index in [1.54, 1.807) is 42.5 Å². The summed E-state index contributed by atoms with van der Waals surface area (Å²) >= 11 is 0. The standard InChI is InChI=1S/C27H33NO9/c1-4-9-24(29)36-22-14-13-19(18-23(22)37-25(30)10-5-2)17-21(26(31)33-3)28-15-16-34-27(32)35-20-11-7-6-8-12-20/h6-8,11-14,18,21,28H,4-5,9-10,15-17H2,1-3H3/t21-/m0/s1. The average molecular weight is 516 g/mol. The smallest absolute Gasteiger partial charge is 0.468 e. The fraction of sp³-hybridized carbons (Fsp3) is 0.407. The van der Waals surface area contributed by atoms with Crippen LogP contribution in [0.2, 0.25) is 0 Å². The quantitative estimate of drug-likeness (QED) is 0.171. The molecule has 10 nitrogen and oxygen atoms in total. The first kappa shape index (κ1) is 29.3. The van der Waals surface area contributed by atoms with Crippen LogP contribution in [0.1, 0.15) is 45.1 Å². The molecule has 2 aromatic rings. The molecule has 37 heavy (non-hydrogen) atoms. The van der Waals surface area contributed by atoms with Crippen molar-refractivity contribution in [1.82, 2.24) is 5.32 Å². The largest absolute Gasteiger partial charge is 0.513 e. The van der Waals surface area contributed by atoms with Crippen molar-refractivity contribution < 1.29 is 42.9 Å². The lowest BCUT2D eigenvalue weighted by Crippen LogP contribution is -2.41. The van der Waals surface area contributed by atoms with Crippen molar-refractivity contribution in [2.45, 2.75) is 52.0 Å². The Bertz CT molecular complexity index is 1040. The third kappa shape index (κ3) is 10.7. The Morgan fingerprint density at radius 2 is 1.49 bits per heavy atom. The van der Waals surface area contributed by atoms with E-state index in [1.807, 2.05) is 13.8 Å². The number of benzene rings is 2. The molecule has 0 heterocycles. The highest BCUT2D eigenvalue weighted by molar-refractivity contribution is 5.77. The molecule has 0 aliphatic heterocycles. The molecule has 0 aliphatic rings. The van der Waals surface area contributed by atoms with Crippen molar-refractivity contribution in [3.63, 3.8) is 0 Å². The molecule has 2 aromatic carbocycles. The lowest BCUT2D eigenvalue weighted by Gasteiger charge is -2.18.